The molecule has 0 amide bonds. The number of ether oxygens (including phenoxy) is 1. The number of thioether (sulfide) groups is 1. The van der Waals surface area contributed by atoms with Crippen LogP contribution in [0.5, 0.6) is 5.75 Å². The molecule has 0 saturated heterocycles. The number of aryl methyl sites for hydroxylation is 1. The van der Waals surface area contributed by atoms with Gasteiger partial charge in [-0.25, -0.2) is 4.98 Å². The third kappa shape index (κ3) is 3.21. The van der Waals surface area contributed by atoms with Gasteiger partial charge >= 0.3 is 0 Å². The highest BCUT2D eigenvalue weighted by atomic mass is 32.2. The van der Waals surface area contributed by atoms with Gasteiger partial charge in [-0.2, -0.15) is 5.26 Å². The van der Waals surface area contributed by atoms with Gasteiger partial charge < -0.3 is 4.74 Å². The Balaban J connectivity index is 2.03. The summed E-state index contributed by atoms with van der Waals surface area (Å²) in [7, 11) is 1.59. The van der Waals surface area contributed by atoms with E-state index in [4.69, 9.17) is 9.72 Å². The van der Waals surface area contributed by atoms with Crippen molar-refractivity contribution in [3.63, 3.8) is 0 Å². The number of thiophene rings is 1. The molecule has 28 heavy (non-hydrogen) atoms. The van der Waals surface area contributed by atoms with Gasteiger partial charge in [0.15, 0.2) is 5.16 Å². The van der Waals surface area contributed by atoms with E-state index in [-0.39, 0.29) is 10.8 Å². The summed E-state index contributed by atoms with van der Waals surface area (Å²) in [5.41, 5.74) is 1.74. The second-order valence-electron chi connectivity index (χ2n) is 7.13. The average molecular weight is 412 g/mol. The standard InChI is InChI=1S/C21H21N3O2S2/c1-12-8-9-14-17(10-12)28-19-18(14)20(25)24(21(23-19)27-13(2)11-22)15-6-4-5-7-16(15)26-3/h4-7,12-13H,8-10H2,1-3H3/t12-,13+/m1/s1. The van der Waals surface area contributed by atoms with Crippen LogP contribution in [0.2, 0.25) is 0 Å². The lowest BCUT2D eigenvalue weighted by Gasteiger charge is -2.18. The van der Waals surface area contributed by atoms with E-state index in [2.05, 4.69) is 13.0 Å². The van der Waals surface area contributed by atoms with Crippen LogP contribution >= 0.6 is 23.1 Å². The van der Waals surface area contributed by atoms with Crippen LogP contribution in [-0.4, -0.2) is 21.9 Å². The van der Waals surface area contributed by atoms with E-state index in [1.54, 1.807) is 23.0 Å². The molecule has 2 heterocycles. The molecule has 7 heteroatoms. The van der Waals surface area contributed by atoms with Crippen molar-refractivity contribution in [3.8, 4) is 17.5 Å². The van der Waals surface area contributed by atoms with Gasteiger partial charge in [0.2, 0.25) is 0 Å². The summed E-state index contributed by atoms with van der Waals surface area (Å²) in [4.78, 5) is 20.6. The van der Waals surface area contributed by atoms with Crippen LogP contribution in [0.25, 0.3) is 15.9 Å². The molecule has 1 aromatic carbocycles. The van der Waals surface area contributed by atoms with Crippen LogP contribution in [0, 0.1) is 17.2 Å². The SMILES string of the molecule is COc1ccccc1-n1c(S[C@@H](C)C#N)nc2sc3c(c2c1=O)CC[C@@H](C)C3. The van der Waals surface area contributed by atoms with Gasteiger partial charge in [0.05, 0.1) is 29.5 Å². The third-order valence-electron chi connectivity index (χ3n) is 5.09. The first-order chi connectivity index (χ1) is 13.5. The van der Waals surface area contributed by atoms with Crippen molar-refractivity contribution in [3.05, 3.63) is 45.1 Å². The number of nitrogens with zero attached hydrogens (tertiary/aromatic N) is 3. The van der Waals surface area contributed by atoms with E-state index in [1.807, 2.05) is 31.2 Å². The first kappa shape index (κ1) is 19.0. The molecule has 0 fully saturated rings. The zero-order valence-corrected chi connectivity index (χ0v) is 17.7. The van der Waals surface area contributed by atoms with E-state index in [9.17, 15) is 10.1 Å². The molecule has 0 unspecified atom stereocenters. The predicted octanol–water partition coefficient (Wildman–Crippen LogP) is 4.58. The van der Waals surface area contributed by atoms with E-state index < -0.39 is 0 Å². The molecule has 0 N–H and O–H groups in total. The second-order valence-corrected chi connectivity index (χ2v) is 9.52. The van der Waals surface area contributed by atoms with Crippen LogP contribution in [-0.2, 0) is 12.8 Å². The van der Waals surface area contributed by atoms with Crippen molar-refractivity contribution in [2.45, 2.75) is 43.5 Å². The maximum absolute atomic E-state index is 13.7. The number of benzene rings is 1. The Bertz CT molecular complexity index is 1140. The van der Waals surface area contributed by atoms with Gasteiger partial charge in [-0.15, -0.1) is 11.3 Å². The zero-order valence-electron chi connectivity index (χ0n) is 16.1. The van der Waals surface area contributed by atoms with Crippen LogP contribution in [0.1, 0.15) is 30.7 Å². The molecule has 2 aromatic heterocycles. The van der Waals surface area contributed by atoms with E-state index in [0.717, 1.165) is 35.0 Å². The zero-order chi connectivity index (χ0) is 19.8. The monoisotopic (exact) mass is 411 g/mol. The van der Waals surface area contributed by atoms with Gasteiger partial charge in [-0.3, -0.25) is 9.36 Å². The summed E-state index contributed by atoms with van der Waals surface area (Å²) in [6.07, 6.45) is 3.01. The first-order valence-electron chi connectivity index (χ1n) is 9.30. The maximum Gasteiger partial charge on any atom is 0.267 e. The Labute approximate surface area is 172 Å². The minimum Gasteiger partial charge on any atom is -0.495 e. The molecule has 1 aliphatic rings. The fourth-order valence-corrected chi connectivity index (χ4v) is 5.89. The molecule has 0 radical (unpaired) electrons. The number of fused-ring (bicyclic) bond motifs is 3. The largest absolute Gasteiger partial charge is 0.495 e. The van der Waals surface area contributed by atoms with Crippen LogP contribution in [0.3, 0.4) is 0 Å². The minimum absolute atomic E-state index is 0.0748. The molecule has 2 atom stereocenters. The van der Waals surface area contributed by atoms with Gasteiger partial charge in [0.25, 0.3) is 5.56 Å². The van der Waals surface area contributed by atoms with Crippen LogP contribution in [0.15, 0.2) is 34.2 Å². The smallest absolute Gasteiger partial charge is 0.267 e. The molecule has 4 rings (SSSR count). The Kier molecular flexibility index (Phi) is 5.17. The topological polar surface area (TPSA) is 67.9 Å². The van der Waals surface area contributed by atoms with Crippen molar-refractivity contribution in [2.24, 2.45) is 5.92 Å². The molecular formula is C21H21N3O2S2. The van der Waals surface area contributed by atoms with Crippen molar-refractivity contribution >= 4 is 33.3 Å². The molecule has 0 bridgehead atoms. The highest BCUT2D eigenvalue weighted by Crippen LogP contribution is 2.38. The minimum atomic E-state index is -0.320. The summed E-state index contributed by atoms with van der Waals surface area (Å²) in [6.45, 7) is 4.07. The number of hydrogen-bond donors (Lipinski definition) is 0. The summed E-state index contributed by atoms with van der Waals surface area (Å²) in [6, 6.07) is 9.66. The van der Waals surface area contributed by atoms with Gasteiger partial charge in [-0.05, 0) is 49.8 Å². The number of nitriles is 1. The number of rotatable bonds is 4. The quantitative estimate of drug-likeness (QED) is 0.464. The maximum atomic E-state index is 13.7. The predicted molar refractivity (Wildman–Crippen MR) is 114 cm³/mol. The van der Waals surface area contributed by atoms with Crippen molar-refractivity contribution < 1.29 is 4.74 Å². The van der Waals surface area contributed by atoms with Crippen molar-refractivity contribution in [2.75, 3.05) is 7.11 Å². The molecule has 144 valence electrons. The second kappa shape index (κ2) is 7.61. The molecule has 5 nitrogen and oxygen atoms in total. The Morgan fingerprint density at radius 1 is 1.43 bits per heavy atom. The average Bonchev–Trinajstić information content (AvgIpc) is 3.05. The molecule has 1 aliphatic carbocycles. The molecular weight excluding hydrogens is 390 g/mol. The summed E-state index contributed by atoms with van der Waals surface area (Å²) in [5.74, 6) is 1.24. The van der Waals surface area contributed by atoms with Gasteiger partial charge in [0.1, 0.15) is 10.6 Å². The normalized spacial score (nSPS) is 17.1. The lowest BCUT2D eigenvalue weighted by atomic mass is 9.89. The third-order valence-corrected chi connectivity index (χ3v) is 7.18. The number of aromatic nitrogens is 2. The highest BCUT2D eigenvalue weighted by molar-refractivity contribution is 8.00. The Morgan fingerprint density at radius 3 is 2.96 bits per heavy atom. The van der Waals surface area contributed by atoms with Crippen LogP contribution in [0.4, 0.5) is 0 Å². The first-order valence-corrected chi connectivity index (χ1v) is 11.0. The number of para-hydroxylation sites is 2. The fourth-order valence-electron chi connectivity index (χ4n) is 3.66. The van der Waals surface area contributed by atoms with Gasteiger partial charge in [0, 0.05) is 4.88 Å². The number of methoxy groups -OCH3 is 1. The summed E-state index contributed by atoms with van der Waals surface area (Å²) in [5, 5.41) is 10.2. The summed E-state index contributed by atoms with van der Waals surface area (Å²) >= 11 is 2.93. The lowest BCUT2D eigenvalue weighted by molar-refractivity contribution is 0.411. The van der Waals surface area contributed by atoms with E-state index in [1.165, 1.54) is 16.6 Å². The van der Waals surface area contributed by atoms with E-state index >= 15 is 0 Å². The molecule has 0 saturated carbocycles. The van der Waals surface area contributed by atoms with Gasteiger partial charge in [-0.1, -0.05) is 30.8 Å². The fraction of sp³-hybridized carbons (Fsp3) is 0.381. The van der Waals surface area contributed by atoms with Crippen molar-refractivity contribution in [1.29, 1.82) is 5.26 Å². The highest BCUT2D eigenvalue weighted by Gasteiger charge is 2.26. The lowest BCUT2D eigenvalue weighted by Crippen LogP contribution is -2.23. The Hall–Kier alpha value is -2.30. The molecule has 0 aliphatic heterocycles. The van der Waals surface area contributed by atoms with E-state index in [0.29, 0.717) is 22.5 Å². The molecule has 0 spiro atoms. The van der Waals surface area contributed by atoms with Crippen LogP contribution < -0.4 is 10.3 Å². The Morgan fingerprint density at radius 2 is 2.21 bits per heavy atom. The molecule has 3 aromatic rings. The summed E-state index contributed by atoms with van der Waals surface area (Å²) < 4.78 is 7.12. The number of hydrogen-bond acceptors (Lipinski definition) is 6. The van der Waals surface area contributed by atoms with Crippen molar-refractivity contribution in [1.82, 2.24) is 9.55 Å².